The Kier molecular flexibility index (Phi) is 3.01. The van der Waals surface area contributed by atoms with E-state index < -0.39 is 6.10 Å². The molecule has 2 unspecified atom stereocenters. The number of carbonyl (C=O) groups is 1. The molecule has 118 valence electrons. The Balaban J connectivity index is 2.05. The molecule has 1 N–H and O–H groups in total. The minimum Gasteiger partial charge on any atom is -0.388 e. The summed E-state index contributed by atoms with van der Waals surface area (Å²) in [5, 5.41) is 11.6. The summed E-state index contributed by atoms with van der Waals surface area (Å²) in [6.07, 6.45) is 0.587. The zero-order chi connectivity index (χ0) is 16.4. The Morgan fingerprint density at radius 1 is 1.22 bits per heavy atom. The summed E-state index contributed by atoms with van der Waals surface area (Å²) in [4.78, 5) is 17.4. The number of Topliss-reactive ketones (excluding diaryl/α,β-unsaturated/α-hetero) is 1. The van der Waals surface area contributed by atoms with Crippen LogP contribution in [0.1, 0.15) is 51.0 Å². The molecule has 1 heterocycles. The van der Waals surface area contributed by atoms with Gasteiger partial charge < -0.3 is 5.11 Å². The van der Waals surface area contributed by atoms with Crippen molar-refractivity contribution in [2.75, 3.05) is 0 Å². The number of carbonyl (C=O) groups excluding carboxylic acids is 1. The predicted octanol–water partition coefficient (Wildman–Crippen LogP) is 4.06. The van der Waals surface area contributed by atoms with E-state index in [2.05, 4.69) is 20.8 Å². The molecule has 0 bridgehead atoms. The zero-order valence-electron chi connectivity index (χ0n) is 13.8. The highest BCUT2D eigenvalue weighted by Crippen LogP contribution is 2.51. The molecule has 0 saturated heterocycles. The summed E-state index contributed by atoms with van der Waals surface area (Å²) >= 11 is 0. The lowest BCUT2D eigenvalue weighted by Crippen LogP contribution is -2.19. The maximum Gasteiger partial charge on any atom is 0.160 e. The number of hydrogen-bond acceptors (Lipinski definition) is 3. The molecule has 1 aromatic heterocycles. The molecule has 2 aliphatic carbocycles. The Hall–Kier alpha value is -2.00. The van der Waals surface area contributed by atoms with Crippen LogP contribution in [0.3, 0.4) is 0 Å². The minimum absolute atomic E-state index is 0.105. The second-order valence-electron chi connectivity index (χ2n) is 7.73. The fourth-order valence-electron chi connectivity index (χ4n) is 4.12. The fraction of sp³-hybridized carbons (Fsp3) is 0.400. The van der Waals surface area contributed by atoms with Crippen LogP contribution in [0.4, 0.5) is 0 Å². The number of aliphatic hydroxyl groups is 1. The summed E-state index contributed by atoms with van der Waals surface area (Å²) in [5.74, 6) is 0.320. The van der Waals surface area contributed by atoms with Gasteiger partial charge in [-0.3, -0.25) is 4.79 Å². The normalized spacial score (nSPS) is 24.1. The molecule has 2 aliphatic rings. The standard InChI is InChI=1S/C20H21NO2/c1-20(2,3)18-16(23)10-12-9-15(22)13-8-11-6-4-5-7-14(11)21-19(13)17(12)18/h4-8,12,15,22H,9-10H2,1-3H3. The number of rotatable bonds is 0. The highest BCUT2D eigenvalue weighted by molar-refractivity contribution is 6.09. The number of ketones is 1. The van der Waals surface area contributed by atoms with Crippen LogP contribution in [0.5, 0.6) is 0 Å². The molecule has 0 amide bonds. The van der Waals surface area contributed by atoms with Gasteiger partial charge in [0.15, 0.2) is 5.78 Å². The summed E-state index contributed by atoms with van der Waals surface area (Å²) in [7, 11) is 0. The van der Waals surface area contributed by atoms with Crippen LogP contribution < -0.4 is 0 Å². The summed E-state index contributed by atoms with van der Waals surface area (Å²) in [5.41, 5.74) is 4.40. The van der Waals surface area contributed by atoms with Crippen LogP contribution in [-0.4, -0.2) is 15.9 Å². The second kappa shape index (κ2) is 4.75. The van der Waals surface area contributed by atoms with E-state index in [1.54, 1.807) is 0 Å². The van der Waals surface area contributed by atoms with Gasteiger partial charge in [-0.15, -0.1) is 0 Å². The molecule has 2 aromatic rings. The van der Waals surface area contributed by atoms with Crippen molar-refractivity contribution in [3.63, 3.8) is 0 Å². The van der Waals surface area contributed by atoms with Gasteiger partial charge in [-0.1, -0.05) is 39.0 Å². The van der Waals surface area contributed by atoms with Gasteiger partial charge in [-0.2, -0.15) is 0 Å². The van der Waals surface area contributed by atoms with Crippen LogP contribution in [0.2, 0.25) is 0 Å². The van der Waals surface area contributed by atoms with Gasteiger partial charge in [0.05, 0.1) is 17.3 Å². The van der Waals surface area contributed by atoms with E-state index in [0.29, 0.717) is 12.8 Å². The molecule has 0 saturated carbocycles. The number of pyridine rings is 1. The first-order chi connectivity index (χ1) is 10.9. The van der Waals surface area contributed by atoms with E-state index in [9.17, 15) is 9.90 Å². The Labute approximate surface area is 136 Å². The molecular formula is C20H21NO2. The van der Waals surface area contributed by atoms with Crippen LogP contribution >= 0.6 is 0 Å². The van der Waals surface area contributed by atoms with Gasteiger partial charge in [0.2, 0.25) is 0 Å². The highest BCUT2D eigenvalue weighted by atomic mass is 16.3. The average Bonchev–Trinajstić information content (AvgIpc) is 2.82. The van der Waals surface area contributed by atoms with Gasteiger partial charge in [0.1, 0.15) is 0 Å². The van der Waals surface area contributed by atoms with E-state index in [1.807, 2.05) is 30.3 Å². The molecule has 1 aromatic carbocycles. The number of fused-ring (bicyclic) bond motifs is 4. The Morgan fingerprint density at radius 2 is 1.96 bits per heavy atom. The first-order valence-electron chi connectivity index (χ1n) is 8.22. The van der Waals surface area contributed by atoms with Crippen LogP contribution in [0, 0.1) is 11.3 Å². The first-order valence-corrected chi connectivity index (χ1v) is 8.22. The van der Waals surface area contributed by atoms with Crippen molar-refractivity contribution in [2.45, 2.75) is 39.7 Å². The number of benzene rings is 1. The third-order valence-electron chi connectivity index (χ3n) is 5.01. The lowest BCUT2D eigenvalue weighted by molar-refractivity contribution is -0.116. The van der Waals surface area contributed by atoms with Crippen molar-refractivity contribution in [2.24, 2.45) is 11.3 Å². The second-order valence-corrected chi connectivity index (χ2v) is 7.73. The maximum atomic E-state index is 12.6. The Morgan fingerprint density at radius 3 is 2.70 bits per heavy atom. The van der Waals surface area contributed by atoms with Gasteiger partial charge in [0.25, 0.3) is 0 Å². The molecule has 0 spiro atoms. The molecule has 2 atom stereocenters. The van der Waals surface area contributed by atoms with E-state index >= 15 is 0 Å². The topological polar surface area (TPSA) is 50.2 Å². The number of para-hydroxylation sites is 1. The molecule has 3 heteroatoms. The number of allylic oxidation sites excluding steroid dienone is 2. The molecular weight excluding hydrogens is 286 g/mol. The van der Waals surface area contributed by atoms with Crippen molar-refractivity contribution in [3.05, 3.63) is 47.2 Å². The quantitative estimate of drug-likeness (QED) is 0.798. The van der Waals surface area contributed by atoms with Gasteiger partial charge in [-0.25, -0.2) is 4.98 Å². The molecule has 3 nitrogen and oxygen atoms in total. The minimum atomic E-state index is -0.539. The SMILES string of the molecule is CC(C)(C)C1=C2c3nc4ccccc4cc3C(O)CC2CC1=O. The highest BCUT2D eigenvalue weighted by Gasteiger charge is 2.43. The number of aliphatic hydroxyl groups excluding tert-OH is 1. The number of hydrogen-bond donors (Lipinski definition) is 1. The summed E-state index contributed by atoms with van der Waals surface area (Å²) < 4.78 is 0. The molecule has 4 rings (SSSR count). The van der Waals surface area contributed by atoms with Gasteiger partial charge in [0, 0.05) is 22.9 Å². The molecule has 0 fully saturated rings. The predicted molar refractivity (Wildman–Crippen MR) is 90.8 cm³/mol. The third-order valence-corrected chi connectivity index (χ3v) is 5.01. The number of aromatic nitrogens is 1. The zero-order valence-corrected chi connectivity index (χ0v) is 13.8. The summed E-state index contributed by atoms with van der Waals surface area (Å²) in [6.45, 7) is 6.25. The average molecular weight is 307 g/mol. The van der Waals surface area contributed by atoms with Crippen LogP contribution in [0.15, 0.2) is 35.9 Å². The van der Waals surface area contributed by atoms with Crippen molar-refractivity contribution in [1.29, 1.82) is 0 Å². The van der Waals surface area contributed by atoms with Crippen molar-refractivity contribution in [1.82, 2.24) is 4.98 Å². The van der Waals surface area contributed by atoms with Gasteiger partial charge in [-0.05, 0) is 35.5 Å². The van der Waals surface area contributed by atoms with Crippen LogP contribution in [-0.2, 0) is 4.79 Å². The Bertz CT molecular complexity index is 858. The monoisotopic (exact) mass is 307 g/mol. The van der Waals surface area contributed by atoms with Gasteiger partial charge >= 0.3 is 0 Å². The third kappa shape index (κ3) is 2.14. The molecule has 0 radical (unpaired) electrons. The van der Waals surface area contributed by atoms with E-state index in [1.165, 1.54) is 0 Å². The summed E-state index contributed by atoms with van der Waals surface area (Å²) in [6, 6.07) is 9.99. The van der Waals surface area contributed by atoms with E-state index in [4.69, 9.17) is 4.98 Å². The van der Waals surface area contributed by atoms with E-state index in [0.717, 1.165) is 33.3 Å². The maximum absolute atomic E-state index is 12.6. The van der Waals surface area contributed by atoms with E-state index in [-0.39, 0.29) is 17.1 Å². The fourth-order valence-corrected chi connectivity index (χ4v) is 4.12. The molecule has 0 aliphatic heterocycles. The van der Waals surface area contributed by atoms with Crippen LogP contribution in [0.25, 0.3) is 16.5 Å². The molecule has 23 heavy (non-hydrogen) atoms. The smallest absolute Gasteiger partial charge is 0.160 e. The largest absolute Gasteiger partial charge is 0.388 e. The van der Waals surface area contributed by atoms with Crippen molar-refractivity contribution >= 4 is 22.3 Å². The lowest BCUT2D eigenvalue weighted by atomic mass is 9.77. The lowest BCUT2D eigenvalue weighted by Gasteiger charge is -2.30. The van der Waals surface area contributed by atoms with Crippen molar-refractivity contribution in [3.8, 4) is 0 Å². The number of nitrogens with zero attached hydrogens (tertiary/aromatic N) is 1. The van der Waals surface area contributed by atoms with Crippen molar-refractivity contribution < 1.29 is 9.90 Å². The first kappa shape index (κ1) is 14.6.